The van der Waals surface area contributed by atoms with Crippen LogP contribution in [0.15, 0.2) is 40.6 Å². The second kappa shape index (κ2) is 8.90. The van der Waals surface area contributed by atoms with Gasteiger partial charge in [-0.25, -0.2) is 17.9 Å². The summed E-state index contributed by atoms with van der Waals surface area (Å²) in [6.07, 6.45) is 0. The average molecular weight is 397 g/mol. The van der Waals surface area contributed by atoms with Gasteiger partial charge in [0, 0.05) is 17.1 Å². The third-order valence-corrected chi connectivity index (χ3v) is 6.25. The zero-order valence-electron chi connectivity index (χ0n) is 14.0. The first-order valence-corrected chi connectivity index (χ1v) is 10.0. The fourth-order valence-corrected chi connectivity index (χ4v) is 4.37. The number of urea groups is 1. The number of hydrogen-bond donors (Lipinski definition) is 4. The molecule has 1 heterocycles. The largest absolute Gasteiger partial charge is 0.389 e. The Kier molecular flexibility index (Phi) is 6.86. The third kappa shape index (κ3) is 5.36. The molecular formula is C16H19N3O5S2. The van der Waals surface area contributed by atoms with E-state index in [1.165, 1.54) is 6.07 Å². The number of Topliss-reactive ketones (excluding diaryl/α,β-unsaturated/α-hetero) is 1. The molecule has 8 nitrogen and oxygen atoms in total. The number of rotatable bonds is 8. The molecule has 0 saturated heterocycles. The van der Waals surface area contributed by atoms with E-state index in [0.29, 0.717) is 17.1 Å². The number of carbonyl (C=O) groups excluding carboxylic acids is 2. The molecule has 0 radical (unpaired) electrons. The Labute approximate surface area is 155 Å². The van der Waals surface area contributed by atoms with Gasteiger partial charge in [-0.1, -0.05) is 12.1 Å². The van der Waals surface area contributed by atoms with Crippen molar-refractivity contribution in [3.05, 3.63) is 36.4 Å². The lowest BCUT2D eigenvalue weighted by atomic mass is 10.1. The van der Waals surface area contributed by atoms with Crippen LogP contribution in [0.1, 0.15) is 6.92 Å². The van der Waals surface area contributed by atoms with Crippen LogP contribution in [0.3, 0.4) is 0 Å². The molecule has 0 aliphatic heterocycles. The summed E-state index contributed by atoms with van der Waals surface area (Å²) in [5.41, 5.74) is 1.33. The predicted octanol–water partition coefficient (Wildman–Crippen LogP) is 1.40. The topological polar surface area (TPSA) is 125 Å². The molecule has 0 bridgehead atoms. The standard InChI is InChI=1S/C16H19N3O5S2/c1-2-17-16(22)19-12-5-3-4-11(8-12)14-6-7-15(25-14)26(23,24)18-9-13(21)10-20/h3-8,18,20H,2,9-10H2,1H3,(H2,17,19,22). The molecule has 4 N–H and O–H groups in total. The van der Waals surface area contributed by atoms with Gasteiger partial charge in [0.05, 0.1) is 6.54 Å². The van der Waals surface area contributed by atoms with Crippen LogP contribution in [0.5, 0.6) is 0 Å². The quantitative estimate of drug-likeness (QED) is 0.536. The van der Waals surface area contributed by atoms with E-state index in [0.717, 1.165) is 16.9 Å². The Morgan fingerprint density at radius 1 is 1.19 bits per heavy atom. The SMILES string of the molecule is CCNC(=O)Nc1cccc(-c2ccc(S(=O)(=O)NCC(=O)CO)s2)c1. The first-order valence-electron chi connectivity index (χ1n) is 7.73. The Hall–Kier alpha value is -2.27. The highest BCUT2D eigenvalue weighted by Crippen LogP contribution is 2.31. The normalized spacial score (nSPS) is 11.2. The van der Waals surface area contributed by atoms with Crippen molar-refractivity contribution in [1.29, 1.82) is 0 Å². The van der Waals surface area contributed by atoms with Crippen LogP contribution in [-0.4, -0.2) is 45.0 Å². The number of hydrogen-bond acceptors (Lipinski definition) is 6. The monoisotopic (exact) mass is 397 g/mol. The van der Waals surface area contributed by atoms with Crippen molar-refractivity contribution >= 4 is 38.9 Å². The lowest BCUT2D eigenvalue weighted by molar-refractivity contribution is -0.120. The minimum Gasteiger partial charge on any atom is -0.389 e. The zero-order chi connectivity index (χ0) is 19.2. The summed E-state index contributed by atoms with van der Waals surface area (Å²) >= 11 is 1.04. The maximum atomic E-state index is 12.2. The highest BCUT2D eigenvalue weighted by Gasteiger charge is 2.18. The fourth-order valence-electron chi connectivity index (χ4n) is 2.01. The highest BCUT2D eigenvalue weighted by molar-refractivity contribution is 7.91. The maximum absolute atomic E-state index is 12.2. The van der Waals surface area contributed by atoms with E-state index in [9.17, 15) is 18.0 Å². The molecule has 140 valence electrons. The second-order valence-corrected chi connectivity index (χ2v) is 8.28. The van der Waals surface area contributed by atoms with Crippen molar-refractivity contribution in [2.24, 2.45) is 0 Å². The Morgan fingerprint density at radius 2 is 1.96 bits per heavy atom. The van der Waals surface area contributed by atoms with Crippen molar-refractivity contribution in [2.75, 3.05) is 25.0 Å². The summed E-state index contributed by atoms with van der Waals surface area (Å²) in [6, 6.07) is 9.79. The van der Waals surface area contributed by atoms with Crippen molar-refractivity contribution in [2.45, 2.75) is 11.1 Å². The van der Waals surface area contributed by atoms with E-state index in [2.05, 4.69) is 15.4 Å². The smallest absolute Gasteiger partial charge is 0.319 e. The van der Waals surface area contributed by atoms with Crippen LogP contribution in [0.25, 0.3) is 10.4 Å². The lowest BCUT2D eigenvalue weighted by Gasteiger charge is -2.07. The molecule has 0 saturated carbocycles. The molecule has 0 aliphatic carbocycles. The van der Waals surface area contributed by atoms with Crippen molar-refractivity contribution in [1.82, 2.24) is 10.0 Å². The number of thiophene rings is 1. The van der Waals surface area contributed by atoms with Gasteiger partial charge in [0.15, 0.2) is 5.78 Å². The Morgan fingerprint density at radius 3 is 2.65 bits per heavy atom. The number of amides is 2. The van der Waals surface area contributed by atoms with Gasteiger partial charge in [0.1, 0.15) is 10.8 Å². The molecule has 2 rings (SSSR count). The van der Waals surface area contributed by atoms with Crippen LogP contribution < -0.4 is 15.4 Å². The van der Waals surface area contributed by atoms with Gasteiger partial charge in [-0.3, -0.25) is 4.79 Å². The van der Waals surface area contributed by atoms with Gasteiger partial charge in [-0.05, 0) is 36.8 Å². The van der Waals surface area contributed by atoms with E-state index >= 15 is 0 Å². The van der Waals surface area contributed by atoms with Gasteiger partial charge < -0.3 is 15.7 Å². The number of sulfonamides is 1. The van der Waals surface area contributed by atoms with Crippen LogP contribution in [0.2, 0.25) is 0 Å². The minimum absolute atomic E-state index is 0.0559. The number of aliphatic hydroxyl groups is 1. The summed E-state index contributed by atoms with van der Waals surface area (Å²) in [6.45, 7) is 1.14. The summed E-state index contributed by atoms with van der Waals surface area (Å²) in [5, 5.41) is 14.0. The molecular weight excluding hydrogens is 378 g/mol. The van der Waals surface area contributed by atoms with Gasteiger partial charge in [-0.2, -0.15) is 0 Å². The summed E-state index contributed by atoms with van der Waals surface area (Å²) in [5.74, 6) is -0.616. The molecule has 1 aromatic carbocycles. The molecule has 0 unspecified atom stereocenters. The molecule has 0 atom stereocenters. The number of ketones is 1. The van der Waals surface area contributed by atoms with E-state index in [1.54, 1.807) is 30.3 Å². The minimum atomic E-state index is -3.83. The van der Waals surface area contributed by atoms with E-state index in [1.807, 2.05) is 6.92 Å². The maximum Gasteiger partial charge on any atom is 0.319 e. The summed E-state index contributed by atoms with van der Waals surface area (Å²) < 4.78 is 26.6. The van der Waals surface area contributed by atoms with Gasteiger partial charge in [-0.15, -0.1) is 11.3 Å². The number of anilines is 1. The average Bonchev–Trinajstić information content (AvgIpc) is 3.11. The molecule has 0 spiro atoms. The molecule has 26 heavy (non-hydrogen) atoms. The number of nitrogens with one attached hydrogen (secondary N) is 3. The van der Waals surface area contributed by atoms with Gasteiger partial charge in [0.25, 0.3) is 0 Å². The molecule has 0 fully saturated rings. The predicted molar refractivity (Wildman–Crippen MR) is 99.7 cm³/mol. The van der Waals surface area contributed by atoms with Crippen LogP contribution in [0.4, 0.5) is 10.5 Å². The van der Waals surface area contributed by atoms with Crippen molar-refractivity contribution in [3.63, 3.8) is 0 Å². The number of carbonyl (C=O) groups is 2. The van der Waals surface area contributed by atoms with E-state index in [4.69, 9.17) is 5.11 Å². The van der Waals surface area contributed by atoms with E-state index in [-0.39, 0.29) is 10.2 Å². The molecule has 2 amide bonds. The van der Waals surface area contributed by atoms with Crippen LogP contribution in [-0.2, 0) is 14.8 Å². The van der Waals surface area contributed by atoms with Gasteiger partial charge in [0.2, 0.25) is 10.0 Å². The fraction of sp³-hybridized carbons (Fsp3) is 0.250. The molecule has 10 heteroatoms. The van der Waals surface area contributed by atoms with E-state index < -0.39 is 29.0 Å². The second-order valence-electron chi connectivity index (χ2n) is 5.21. The van der Waals surface area contributed by atoms with Crippen molar-refractivity contribution in [3.8, 4) is 10.4 Å². The van der Waals surface area contributed by atoms with Gasteiger partial charge >= 0.3 is 6.03 Å². The van der Waals surface area contributed by atoms with Crippen molar-refractivity contribution < 1.29 is 23.1 Å². The number of benzene rings is 1. The zero-order valence-corrected chi connectivity index (χ0v) is 15.6. The Bertz CT molecular complexity index is 893. The van der Waals surface area contributed by atoms with Crippen LogP contribution >= 0.6 is 11.3 Å². The molecule has 2 aromatic rings. The number of aliphatic hydroxyl groups excluding tert-OH is 1. The first-order chi connectivity index (χ1) is 12.4. The lowest BCUT2D eigenvalue weighted by Crippen LogP contribution is -2.30. The molecule has 1 aromatic heterocycles. The summed E-state index contributed by atoms with van der Waals surface area (Å²) in [7, 11) is -3.83. The third-order valence-electron chi connectivity index (χ3n) is 3.22. The summed E-state index contributed by atoms with van der Waals surface area (Å²) in [4.78, 5) is 23.4. The highest BCUT2D eigenvalue weighted by atomic mass is 32.2. The molecule has 0 aliphatic rings. The Balaban J connectivity index is 2.16. The van der Waals surface area contributed by atoms with Crippen LogP contribution in [0, 0.1) is 0 Å². The first kappa shape index (κ1) is 20.0.